The number of unbranched alkanes of at least 4 members (excludes halogenated alkanes) is 2. The summed E-state index contributed by atoms with van der Waals surface area (Å²) in [6, 6.07) is 3.64. The number of carboxylic acids is 1. The molecule has 18 heteroatoms. The summed E-state index contributed by atoms with van der Waals surface area (Å²) in [6.07, 6.45) is -14.8. The molecular weight excluding hydrogens is 715 g/mol. The van der Waals surface area contributed by atoms with Crippen LogP contribution in [-0.2, 0) is 34.5 Å². The number of aliphatic carboxylic acids is 1. The number of carbonyl (C=O) groups is 2. The Bertz CT molecular complexity index is 1730. The summed E-state index contributed by atoms with van der Waals surface area (Å²) < 4.78 is 135. The van der Waals surface area contributed by atoms with Crippen LogP contribution >= 0.6 is 0 Å². The smallest absolute Gasteiger partial charge is 0.416 e. The summed E-state index contributed by atoms with van der Waals surface area (Å²) in [6.45, 7) is 3.03. The van der Waals surface area contributed by atoms with E-state index in [9.17, 15) is 49.1 Å². The van der Waals surface area contributed by atoms with Gasteiger partial charge in [0.05, 0.1) is 47.5 Å². The van der Waals surface area contributed by atoms with Crippen LogP contribution in [0.3, 0.4) is 0 Å². The van der Waals surface area contributed by atoms with Crippen molar-refractivity contribution >= 4 is 17.7 Å². The molecule has 0 unspecified atom stereocenters. The van der Waals surface area contributed by atoms with Crippen LogP contribution in [0.15, 0.2) is 42.6 Å². The van der Waals surface area contributed by atoms with Gasteiger partial charge in [-0.2, -0.15) is 39.5 Å². The number of aromatic nitrogens is 2. The normalized spacial score (nSPS) is 17.8. The molecule has 0 bridgehead atoms. The monoisotopic (exact) mass is 750 g/mol. The van der Waals surface area contributed by atoms with Gasteiger partial charge in [0.2, 0.25) is 0 Å². The Labute approximate surface area is 291 Å². The summed E-state index contributed by atoms with van der Waals surface area (Å²) in [5, 5.41) is 8.85. The highest BCUT2D eigenvalue weighted by Crippen LogP contribution is 2.48. The van der Waals surface area contributed by atoms with Crippen molar-refractivity contribution in [2.45, 2.75) is 88.9 Å². The van der Waals surface area contributed by atoms with E-state index in [1.54, 1.807) is 6.92 Å². The van der Waals surface area contributed by atoms with E-state index in [1.165, 1.54) is 6.92 Å². The van der Waals surface area contributed by atoms with E-state index in [1.807, 2.05) is 0 Å². The maximum absolute atomic E-state index is 13.9. The molecule has 1 amide bonds. The average molecular weight is 751 g/mol. The Morgan fingerprint density at radius 1 is 0.923 bits per heavy atom. The number of rotatable bonds is 12. The number of hydrogen-bond donors (Lipinski definition) is 2. The van der Waals surface area contributed by atoms with Crippen LogP contribution in [0.4, 0.5) is 50.0 Å². The molecule has 52 heavy (non-hydrogen) atoms. The predicted molar refractivity (Wildman–Crippen MR) is 167 cm³/mol. The van der Waals surface area contributed by atoms with Gasteiger partial charge in [0.1, 0.15) is 11.5 Å². The number of nitrogens with two attached hydrogens (primary N) is 1. The van der Waals surface area contributed by atoms with E-state index in [-0.39, 0.29) is 67.1 Å². The molecule has 284 valence electrons. The van der Waals surface area contributed by atoms with E-state index < -0.39 is 70.8 Å². The molecule has 3 N–H and O–H groups in total. The predicted octanol–water partition coefficient (Wildman–Crippen LogP) is 8.71. The molecule has 9 nitrogen and oxygen atoms in total. The van der Waals surface area contributed by atoms with Gasteiger partial charge in [-0.15, -0.1) is 0 Å². The first-order chi connectivity index (χ1) is 24.2. The maximum atomic E-state index is 13.9. The quantitative estimate of drug-likeness (QED) is 0.139. The molecule has 3 aromatic rings. The van der Waals surface area contributed by atoms with Crippen LogP contribution in [0.2, 0.25) is 0 Å². The molecule has 0 saturated heterocycles. The van der Waals surface area contributed by atoms with Gasteiger partial charge < -0.3 is 20.3 Å². The first kappa shape index (κ1) is 40.2. The Balaban J connectivity index is 1.86. The van der Waals surface area contributed by atoms with E-state index >= 15 is 0 Å². The number of anilines is 1. The zero-order valence-corrected chi connectivity index (χ0v) is 27.9. The summed E-state index contributed by atoms with van der Waals surface area (Å²) in [5.41, 5.74) is 0.205. The minimum atomic E-state index is -5.14. The van der Waals surface area contributed by atoms with Gasteiger partial charge in [-0.05, 0) is 86.6 Å². The van der Waals surface area contributed by atoms with Gasteiger partial charge in [0.15, 0.2) is 5.75 Å². The fraction of sp³-hybridized carbons (Fsp3) is 0.471. The number of amides is 1. The SMILES string of the molecule is CCOC(=O)N1c2ccc(C(F)(F)F)cc2[C@@H](c2ncc(OCCCCCC(=O)O)c(Cc3cc(C(F)(F)F)cc(C(F)(F)F)c3)n2)C[C@@]1(N)CC. The lowest BCUT2D eigenvalue weighted by molar-refractivity contribution is -0.143. The fourth-order valence-electron chi connectivity index (χ4n) is 5.90. The van der Waals surface area contributed by atoms with Gasteiger partial charge >= 0.3 is 30.6 Å². The standard InChI is InChI=1S/C34H35F9N4O5/c1-3-31(44)17-24(23-16-20(32(35,36)37)9-10-26(23)47(31)30(50)51-4-2)29-45-18-27(52-11-7-5-6-8-28(48)49)25(46-29)14-19-12-21(33(38,39)40)15-22(13-19)34(41,42)43/h9-10,12-13,15-16,18,24H,3-8,11,14,17,44H2,1-2H3,(H,48,49)/t24-,31+/m0/s1. The minimum absolute atomic E-state index is 0.0263. The Morgan fingerprint density at radius 2 is 1.56 bits per heavy atom. The number of ether oxygens (including phenoxy) is 2. The topological polar surface area (TPSA) is 128 Å². The molecule has 2 atom stereocenters. The lowest BCUT2D eigenvalue weighted by Gasteiger charge is -2.46. The Kier molecular flexibility index (Phi) is 12.0. The van der Waals surface area contributed by atoms with Crippen molar-refractivity contribution in [1.29, 1.82) is 0 Å². The second kappa shape index (κ2) is 15.6. The fourth-order valence-corrected chi connectivity index (χ4v) is 5.90. The van der Waals surface area contributed by atoms with Gasteiger partial charge in [-0.25, -0.2) is 14.8 Å². The first-order valence-electron chi connectivity index (χ1n) is 16.1. The molecule has 0 fully saturated rings. The van der Waals surface area contributed by atoms with Crippen molar-refractivity contribution in [3.8, 4) is 5.75 Å². The van der Waals surface area contributed by atoms with E-state index in [0.29, 0.717) is 31.4 Å². The van der Waals surface area contributed by atoms with Crippen molar-refractivity contribution in [2.24, 2.45) is 5.73 Å². The van der Waals surface area contributed by atoms with Crippen molar-refractivity contribution in [3.63, 3.8) is 0 Å². The van der Waals surface area contributed by atoms with Crippen LogP contribution < -0.4 is 15.4 Å². The largest absolute Gasteiger partial charge is 0.490 e. The molecule has 4 rings (SSSR count). The number of carboxylic acid groups (broad SMARTS) is 1. The van der Waals surface area contributed by atoms with Crippen LogP contribution in [0.5, 0.6) is 5.75 Å². The number of hydrogen-bond acceptors (Lipinski definition) is 7. The molecule has 0 radical (unpaired) electrons. The van der Waals surface area contributed by atoms with Gasteiger partial charge in [0, 0.05) is 18.8 Å². The zero-order valence-electron chi connectivity index (χ0n) is 27.9. The van der Waals surface area contributed by atoms with E-state index in [2.05, 4.69) is 9.97 Å². The first-order valence-corrected chi connectivity index (χ1v) is 16.1. The molecule has 2 aromatic carbocycles. The van der Waals surface area contributed by atoms with Gasteiger partial charge in [0.25, 0.3) is 0 Å². The van der Waals surface area contributed by atoms with Crippen molar-refractivity contribution in [3.05, 3.63) is 81.9 Å². The van der Waals surface area contributed by atoms with Crippen LogP contribution in [-0.4, -0.2) is 46.0 Å². The highest BCUT2D eigenvalue weighted by atomic mass is 19.4. The average Bonchev–Trinajstić information content (AvgIpc) is 3.04. The van der Waals surface area contributed by atoms with Crippen LogP contribution in [0.1, 0.15) is 97.6 Å². The van der Waals surface area contributed by atoms with Gasteiger partial charge in [-0.1, -0.05) is 6.92 Å². The molecule has 0 spiro atoms. The van der Waals surface area contributed by atoms with Crippen molar-refractivity contribution in [1.82, 2.24) is 9.97 Å². The van der Waals surface area contributed by atoms with Crippen molar-refractivity contribution < 1.29 is 63.7 Å². The number of nitrogens with zero attached hydrogens (tertiary/aromatic N) is 3. The molecule has 1 aliphatic rings. The highest BCUT2D eigenvalue weighted by Gasteiger charge is 2.47. The zero-order chi connectivity index (χ0) is 38.6. The maximum Gasteiger partial charge on any atom is 0.416 e. The number of benzene rings is 2. The molecule has 1 aromatic heterocycles. The lowest BCUT2D eigenvalue weighted by atomic mass is 9.80. The Morgan fingerprint density at radius 3 is 2.12 bits per heavy atom. The lowest BCUT2D eigenvalue weighted by Crippen LogP contribution is -2.61. The summed E-state index contributed by atoms with van der Waals surface area (Å²) >= 11 is 0. The third-order valence-corrected chi connectivity index (χ3v) is 8.51. The number of halogens is 9. The summed E-state index contributed by atoms with van der Waals surface area (Å²) in [5.74, 6) is -2.47. The van der Waals surface area contributed by atoms with Crippen molar-refractivity contribution in [2.75, 3.05) is 18.1 Å². The number of carbonyl (C=O) groups excluding carboxylic acids is 1. The second-order valence-electron chi connectivity index (χ2n) is 12.2. The highest BCUT2D eigenvalue weighted by molar-refractivity contribution is 5.91. The van der Waals surface area contributed by atoms with Gasteiger partial charge in [-0.3, -0.25) is 9.69 Å². The molecule has 0 saturated carbocycles. The Hall–Kier alpha value is -4.61. The van der Waals surface area contributed by atoms with Crippen LogP contribution in [0.25, 0.3) is 0 Å². The second-order valence-corrected chi connectivity index (χ2v) is 12.2. The molecule has 0 aliphatic carbocycles. The molecular formula is C34H35F9N4O5. The number of alkyl halides is 9. The van der Waals surface area contributed by atoms with E-state index in [4.69, 9.17) is 20.3 Å². The van der Waals surface area contributed by atoms with Crippen LogP contribution in [0, 0.1) is 0 Å². The summed E-state index contributed by atoms with van der Waals surface area (Å²) in [4.78, 5) is 33.8. The third kappa shape index (κ3) is 9.43. The van der Waals surface area contributed by atoms with E-state index in [0.717, 1.165) is 29.3 Å². The molecule has 2 heterocycles. The molecule has 1 aliphatic heterocycles. The minimum Gasteiger partial charge on any atom is -0.490 e. The number of fused-ring (bicyclic) bond motifs is 1. The third-order valence-electron chi connectivity index (χ3n) is 8.51. The summed E-state index contributed by atoms with van der Waals surface area (Å²) in [7, 11) is 0.